The van der Waals surface area contributed by atoms with Gasteiger partial charge in [0.05, 0.1) is 34.4 Å². The van der Waals surface area contributed by atoms with Crippen molar-refractivity contribution in [2.45, 2.75) is 0 Å². The third kappa shape index (κ3) is 6.78. The van der Waals surface area contributed by atoms with Gasteiger partial charge in [-0.05, 0) is 24.3 Å². The van der Waals surface area contributed by atoms with Gasteiger partial charge in [0.1, 0.15) is 18.1 Å². The van der Waals surface area contributed by atoms with Crippen LogP contribution < -0.4 is 4.74 Å². The normalized spacial score (nSPS) is 13.3. The summed E-state index contributed by atoms with van der Waals surface area (Å²) in [5, 5.41) is 39.4. The van der Waals surface area contributed by atoms with Gasteiger partial charge in [-0.15, -0.1) is 0 Å². The molecular weight excluding hydrogens is 522 g/mol. The van der Waals surface area contributed by atoms with Crippen LogP contribution in [0.4, 0.5) is 11.4 Å². The van der Waals surface area contributed by atoms with Crippen molar-refractivity contribution in [2.75, 3.05) is 39.5 Å². The highest BCUT2D eigenvalue weighted by Gasteiger charge is 2.17. The fourth-order valence-corrected chi connectivity index (χ4v) is 4.19. The van der Waals surface area contributed by atoms with E-state index in [1.54, 1.807) is 48.0 Å². The summed E-state index contributed by atoms with van der Waals surface area (Å²) >= 11 is 0. The lowest BCUT2D eigenvalue weighted by Gasteiger charge is -2.26. The van der Waals surface area contributed by atoms with Crippen LogP contribution in [0.25, 0.3) is 22.5 Å². The van der Waals surface area contributed by atoms with Gasteiger partial charge in [-0.3, -0.25) is 34.5 Å². The number of aryl methyl sites for hydroxylation is 2. The highest BCUT2D eigenvalue weighted by atomic mass is 16.6. The molecule has 3 heterocycles. The molecular formula is C26H29N7O7. The van der Waals surface area contributed by atoms with Gasteiger partial charge in [-0.1, -0.05) is 0 Å². The predicted molar refractivity (Wildman–Crippen MR) is 145 cm³/mol. The minimum Gasteiger partial charge on any atom is -0.507 e. The molecule has 1 saturated heterocycles. The number of non-ortho nitro benzene ring substituents is 2. The molecule has 2 aromatic carbocycles. The molecule has 1 fully saturated rings. The summed E-state index contributed by atoms with van der Waals surface area (Å²) in [5.74, 6) is 0.617. The van der Waals surface area contributed by atoms with Gasteiger partial charge >= 0.3 is 0 Å². The Hall–Kier alpha value is -4.82. The first-order valence-electron chi connectivity index (χ1n) is 12.4. The Morgan fingerprint density at radius 3 is 1.98 bits per heavy atom. The van der Waals surface area contributed by atoms with Gasteiger partial charge in [-0.2, -0.15) is 10.2 Å². The summed E-state index contributed by atoms with van der Waals surface area (Å²) in [6, 6.07) is 12.0. The molecule has 1 aliphatic rings. The lowest BCUT2D eigenvalue weighted by atomic mass is 10.1. The molecule has 14 nitrogen and oxygen atoms in total. The molecule has 0 aliphatic carbocycles. The standard InChI is InChI=1S/C16H20N4O4.C10H9N3O3/c1-18-15(4-5-17-18)14-12-13(20(21)22)2-3-16(14)24-11-8-19-6-9-23-10-7-19;1-12-9(4-5-11-12)8-6-7(13(15)16)2-3-10(8)14/h2-5,12H,6-11H2,1H3;2-6,14H,1H3. The number of hydrogen-bond donors (Lipinski definition) is 1. The largest absolute Gasteiger partial charge is 0.507 e. The maximum Gasteiger partial charge on any atom is 0.270 e. The van der Waals surface area contributed by atoms with E-state index in [9.17, 15) is 25.3 Å². The number of phenols is 1. The van der Waals surface area contributed by atoms with Crippen LogP contribution >= 0.6 is 0 Å². The zero-order chi connectivity index (χ0) is 28.6. The Morgan fingerprint density at radius 2 is 1.43 bits per heavy atom. The quantitative estimate of drug-likeness (QED) is 0.253. The second kappa shape index (κ2) is 12.8. The van der Waals surface area contributed by atoms with Crippen LogP contribution in [-0.4, -0.2) is 78.9 Å². The third-order valence-electron chi connectivity index (χ3n) is 6.33. The topological polar surface area (TPSA) is 164 Å². The number of phenolic OH excluding ortho intramolecular Hbond substituents is 1. The second-order valence-electron chi connectivity index (χ2n) is 8.88. The van der Waals surface area contributed by atoms with Crippen molar-refractivity contribution >= 4 is 11.4 Å². The molecule has 40 heavy (non-hydrogen) atoms. The molecule has 0 amide bonds. The first-order chi connectivity index (χ1) is 19.2. The van der Waals surface area contributed by atoms with E-state index >= 15 is 0 Å². The molecule has 0 saturated carbocycles. The van der Waals surface area contributed by atoms with Gasteiger partial charge in [0, 0.05) is 81.5 Å². The molecule has 4 aromatic rings. The Morgan fingerprint density at radius 1 is 0.875 bits per heavy atom. The Bertz CT molecular complexity index is 1480. The third-order valence-corrected chi connectivity index (χ3v) is 6.33. The van der Waals surface area contributed by atoms with E-state index in [4.69, 9.17) is 9.47 Å². The summed E-state index contributed by atoms with van der Waals surface area (Å²) in [5.41, 5.74) is 2.45. The molecule has 0 spiro atoms. The SMILES string of the molecule is Cn1nccc1-c1cc([N+](=O)[O-])ccc1O.Cn1nccc1-c1cc([N+](=O)[O-])ccc1OCCN1CCOCC1. The van der Waals surface area contributed by atoms with Crippen molar-refractivity contribution in [3.63, 3.8) is 0 Å². The molecule has 1 aliphatic heterocycles. The van der Waals surface area contributed by atoms with Crippen molar-refractivity contribution in [1.82, 2.24) is 24.5 Å². The first kappa shape index (κ1) is 28.2. The van der Waals surface area contributed by atoms with Crippen LogP contribution in [0, 0.1) is 20.2 Å². The van der Waals surface area contributed by atoms with Gasteiger partial charge in [0.25, 0.3) is 11.4 Å². The van der Waals surface area contributed by atoms with E-state index in [-0.39, 0.29) is 17.1 Å². The highest BCUT2D eigenvalue weighted by molar-refractivity contribution is 5.71. The van der Waals surface area contributed by atoms with Crippen LogP contribution in [0.2, 0.25) is 0 Å². The van der Waals surface area contributed by atoms with E-state index < -0.39 is 9.85 Å². The van der Waals surface area contributed by atoms with E-state index in [2.05, 4.69) is 15.1 Å². The van der Waals surface area contributed by atoms with Crippen molar-refractivity contribution in [2.24, 2.45) is 14.1 Å². The number of nitrogens with zero attached hydrogens (tertiary/aromatic N) is 7. The fraction of sp³-hybridized carbons (Fsp3) is 0.308. The number of morpholine rings is 1. The molecule has 1 N–H and O–H groups in total. The molecule has 5 rings (SSSR count). The monoisotopic (exact) mass is 551 g/mol. The average molecular weight is 552 g/mol. The number of aromatic nitrogens is 4. The van der Waals surface area contributed by atoms with Crippen LogP contribution in [-0.2, 0) is 18.8 Å². The summed E-state index contributed by atoms with van der Waals surface area (Å²) in [7, 11) is 3.50. The van der Waals surface area contributed by atoms with Crippen LogP contribution in [0.1, 0.15) is 0 Å². The van der Waals surface area contributed by atoms with E-state index in [0.717, 1.165) is 38.5 Å². The van der Waals surface area contributed by atoms with E-state index in [1.807, 2.05) is 6.07 Å². The number of nitro benzene ring substituents is 2. The number of ether oxygens (including phenoxy) is 2. The molecule has 14 heteroatoms. The molecule has 0 unspecified atom stereocenters. The van der Waals surface area contributed by atoms with Crippen LogP contribution in [0.15, 0.2) is 60.9 Å². The number of nitro groups is 2. The molecule has 0 atom stereocenters. The Labute approximate surface area is 229 Å². The molecule has 210 valence electrons. The lowest BCUT2D eigenvalue weighted by molar-refractivity contribution is -0.385. The maximum atomic E-state index is 11.1. The van der Waals surface area contributed by atoms with Crippen molar-refractivity contribution in [3.8, 4) is 34.0 Å². The summed E-state index contributed by atoms with van der Waals surface area (Å²) in [6.07, 6.45) is 3.22. The number of aromatic hydroxyl groups is 1. The zero-order valence-electron chi connectivity index (χ0n) is 22.0. The fourth-order valence-electron chi connectivity index (χ4n) is 4.19. The highest BCUT2D eigenvalue weighted by Crippen LogP contribution is 2.33. The number of rotatable bonds is 8. The number of hydrogen-bond acceptors (Lipinski definition) is 10. The maximum absolute atomic E-state index is 11.1. The van der Waals surface area contributed by atoms with Crippen molar-refractivity contribution < 1.29 is 24.4 Å². The molecule has 2 aromatic heterocycles. The Balaban J connectivity index is 0.000000201. The van der Waals surface area contributed by atoms with Crippen molar-refractivity contribution in [1.29, 1.82) is 0 Å². The minimum atomic E-state index is -0.501. The summed E-state index contributed by atoms with van der Waals surface area (Å²) in [4.78, 5) is 23.1. The van der Waals surface area contributed by atoms with Gasteiger partial charge in [-0.25, -0.2) is 0 Å². The first-order valence-corrected chi connectivity index (χ1v) is 12.4. The van der Waals surface area contributed by atoms with Crippen LogP contribution in [0.3, 0.4) is 0 Å². The second-order valence-corrected chi connectivity index (χ2v) is 8.88. The van der Waals surface area contributed by atoms with Gasteiger partial charge in [0.2, 0.25) is 0 Å². The lowest BCUT2D eigenvalue weighted by Crippen LogP contribution is -2.38. The molecule has 0 radical (unpaired) electrons. The van der Waals surface area contributed by atoms with Crippen molar-refractivity contribution in [3.05, 3.63) is 81.2 Å². The average Bonchev–Trinajstić information content (AvgIpc) is 3.57. The zero-order valence-corrected chi connectivity index (χ0v) is 22.0. The van der Waals surface area contributed by atoms with Gasteiger partial charge in [0.15, 0.2) is 0 Å². The number of benzene rings is 2. The van der Waals surface area contributed by atoms with E-state index in [1.165, 1.54) is 30.3 Å². The summed E-state index contributed by atoms with van der Waals surface area (Å²) in [6.45, 7) is 4.61. The smallest absolute Gasteiger partial charge is 0.270 e. The minimum absolute atomic E-state index is 0.00537. The summed E-state index contributed by atoms with van der Waals surface area (Å²) < 4.78 is 14.4. The van der Waals surface area contributed by atoms with Gasteiger partial charge < -0.3 is 14.6 Å². The van der Waals surface area contributed by atoms with E-state index in [0.29, 0.717) is 29.2 Å². The Kier molecular flexibility index (Phi) is 9.04. The predicted octanol–water partition coefficient (Wildman–Crippen LogP) is 3.41. The molecule has 0 bridgehead atoms. The van der Waals surface area contributed by atoms with Crippen LogP contribution in [0.5, 0.6) is 11.5 Å².